The summed E-state index contributed by atoms with van der Waals surface area (Å²) < 4.78 is 0. The Labute approximate surface area is 136 Å². The van der Waals surface area contributed by atoms with Crippen LogP contribution in [0.5, 0.6) is 0 Å². The van der Waals surface area contributed by atoms with Crippen LogP contribution in [0.1, 0.15) is 44.1 Å². The summed E-state index contributed by atoms with van der Waals surface area (Å²) >= 11 is 0. The number of aryl methyl sites for hydroxylation is 1. The number of nitrogens with zero attached hydrogens (tertiary/aromatic N) is 1. The van der Waals surface area contributed by atoms with Gasteiger partial charge in [-0.1, -0.05) is 37.5 Å². The fraction of sp³-hybridized carbons (Fsp3) is 0.500. The van der Waals surface area contributed by atoms with E-state index in [0.29, 0.717) is 5.69 Å². The molecule has 0 unspecified atom stereocenters. The molecule has 2 aliphatic rings. The van der Waals surface area contributed by atoms with E-state index in [0.717, 1.165) is 42.6 Å². The number of nitrogens with one attached hydrogen (secondary N) is 1. The monoisotopic (exact) mass is 314 g/mol. The smallest absolute Gasteiger partial charge is 0.244 e. The van der Waals surface area contributed by atoms with Gasteiger partial charge in [-0.15, -0.1) is 0 Å². The van der Waals surface area contributed by atoms with Crippen LogP contribution >= 0.6 is 0 Å². The summed E-state index contributed by atoms with van der Waals surface area (Å²) in [5, 5.41) is 2.78. The number of carbonyl (C=O) groups is 3. The Morgan fingerprint density at radius 1 is 1.17 bits per heavy atom. The highest BCUT2D eigenvalue weighted by Gasteiger charge is 2.51. The lowest BCUT2D eigenvalue weighted by atomic mass is 9.73. The third kappa shape index (κ3) is 3.00. The molecule has 1 N–H and O–H groups in total. The molecular formula is C18H22N2O3. The summed E-state index contributed by atoms with van der Waals surface area (Å²) in [6.45, 7) is 1.71. The van der Waals surface area contributed by atoms with E-state index >= 15 is 0 Å². The quantitative estimate of drug-likeness (QED) is 0.872. The molecule has 1 spiro atoms. The summed E-state index contributed by atoms with van der Waals surface area (Å²) in [6.07, 6.45) is 4.91. The Morgan fingerprint density at radius 3 is 2.57 bits per heavy atom. The predicted octanol–water partition coefficient (Wildman–Crippen LogP) is 2.64. The lowest BCUT2D eigenvalue weighted by Gasteiger charge is -2.30. The first kappa shape index (κ1) is 15.7. The minimum absolute atomic E-state index is 0.151. The Kier molecular flexibility index (Phi) is 4.20. The van der Waals surface area contributed by atoms with Gasteiger partial charge in [0.2, 0.25) is 17.7 Å². The first-order valence-electron chi connectivity index (χ1n) is 8.22. The third-order valence-corrected chi connectivity index (χ3v) is 5.02. The van der Waals surface area contributed by atoms with Crippen LogP contribution in [0.25, 0.3) is 0 Å². The van der Waals surface area contributed by atoms with Gasteiger partial charge in [0.15, 0.2) is 0 Å². The molecule has 2 fully saturated rings. The summed E-state index contributed by atoms with van der Waals surface area (Å²) in [6, 6.07) is 7.44. The van der Waals surface area contributed by atoms with Crippen LogP contribution in [0, 0.1) is 12.3 Å². The van der Waals surface area contributed by atoms with Crippen molar-refractivity contribution in [3.05, 3.63) is 29.8 Å². The Bertz CT molecular complexity index is 647. The molecular weight excluding hydrogens is 292 g/mol. The van der Waals surface area contributed by atoms with E-state index in [1.165, 1.54) is 0 Å². The summed E-state index contributed by atoms with van der Waals surface area (Å²) in [7, 11) is 0. The fourth-order valence-corrected chi connectivity index (χ4v) is 3.69. The highest BCUT2D eigenvalue weighted by Crippen LogP contribution is 2.45. The minimum atomic E-state index is -0.529. The molecule has 0 bridgehead atoms. The van der Waals surface area contributed by atoms with E-state index in [1.807, 2.05) is 31.2 Å². The van der Waals surface area contributed by atoms with Crippen molar-refractivity contribution in [1.29, 1.82) is 0 Å². The van der Waals surface area contributed by atoms with Crippen LogP contribution in [0.3, 0.4) is 0 Å². The normalized spacial score (nSPS) is 20.1. The minimum Gasteiger partial charge on any atom is -0.324 e. The van der Waals surface area contributed by atoms with E-state index in [2.05, 4.69) is 5.32 Å². The molecule has 1 saturated carbocycles. The van der Waals surface area contributed by atoms with Gasteiger partial charge in [0.05, 0.1) is 5.41 Å². The molecule has 1 aromatic rings. The summed E-state index contributed by atoms with van der Waals surface area (Å²) in [5.74, 6) is -0.687. The maximum absolute atomic E-state index is 12.7. The molecule has 23 heavy (non-hydrogen) atoms. The zero-order valence-corrected chi connectivity index (χ0v) is 13.4. The van der Waals surface area contributed by atoms with Crippen molar-refractivity contribution < 1.29 is 14.4 Å². The summed E-state index contributed by atoms with van der Waals surface area (Å²) in [5.41, 5.74) is 1.13. The number of para-hydroxylation sites is 1. The second kappa shape index (κ2) is 6.14. The molecule has 1 aliphatic carbocycles. The number of anilines is 1. The fourth-order valence-electron chi connectivity index (χ4n) is 3.69. The first-order chi connectivity index (χ1) is 11.0. The molecule has 1 aromatic carbocycles. The number of hydrogen-bond donors (Lipinski definition) is 1. The highest BCUT2D eigenvalue weighted by atomic mass is 16.2. The molecule has 0 aromatic heterocycles. The van der Waals surface area contributed by atoms with E-state index in [-0.39, 0.29) is 30.7 Å². The van der Waals surface area contributed by atoms with Gasteiger partial charge in [0.25, 0.3) is 0 Å². The van der Waals surface area contributed by atoms with Crippen LogP contribution in [-0.4, -0.2) is 29.2 Å². The van der Waals surface area contributed by atoms with Crippen molar-refractivity contribution in [3.63, 3.8) is 0 Å². The van der Waals surface area contributed by atoms with E-state index in [1.54, 1.807) is 0 Å². The zero-order valence-electron chi connectivity index (χ0n) is 13.4. The van der Waals surface area contributed by atoms with E-state index < -0.39 is 5.41 Å². The number of rotatable bonds is 3. The number of likely N-dealkylation sites (tertiary alicyclic amines) is 1. The molecule has 0 atom stereocenters. The molecule has 122 valence electrons. The van der Waals surface area contributed by atoms with Crippen molar-refractivity contribution >= 4 is 23.4 Å². The van der Waals surface area contributed by atoms with Crippen LogP contribution in [0.15, 0.2) is 24.3 Å². The third-order valence-electron chi connectivity index (χ3n) is 5.02. The number of imide groups is 1. The first-order valence-corrected chi connectivity index (χ1v) is 8.22. The SMILES string of the molecule is Cc1ccccc1NC(=O)CN1C(=O)CC2(CCCCC2)C1=O. The Hall–Kier alpha value is -2.17. The molecule has 5 heteroatoms. The largest absolute Gasteiger partial charge is 0.324 e. The number of hydrogen-bond acceptors (Lipinski definition) is 3. The zero-order chi connectivity index (χ0) is 16.4. The topological polar surface area (TPSA) is 66.5 Å². The van der Waals surface area contributed by atoms with Gasteiger partial charge in [-0.05, 0) is 31.4 Å². The molecule has 1 heterocycles. The van der Waals surface area contributed by atoms with Crippen LogP contribution in [0.4, 0.5) is 5.69 Å². The number of carbonyl (C=O) groups excluding carboxylic acids is 3. The number of amides is 3. The molecule has 5 nitrogen and oxygen atoms in total. The van der Waals surface area contributed by atoms with Gasteiger partial charge in [0.1, 0.15) is 6.54 Å². The standard InChI is InChI=1S/C18H22N2O3/c1-13-7-3-4-8-14(13)19-15(21)12-20-16(22)11-18(17(20)23)9-5-2-6-10-18/h3-4,7-8H,2,5-6,9-12H2,1H3,(H,19,21). The van der Waals surface area contributed by atoms with Crippen molar-refractivity contribution in [2.45, 2.75) is 45.4 Å². The maximum atomic E-state index is 12.7. The lowest BCUT2D eigenvalue weighted by Crippen LogP contribution is -2.41. The van der Waals surface area contributed by atoms with Crippen molar-refractivity contribution in [1.82, 2.24) is 4.90 Å². The lowest BCUT2D eigenvalue weighted by molar-refractivity contribution is -0.144. The van der Waals surface area contributed by atoms with Gasteiger partial charge in [-0.2, -0.15) is 0 Å². The van der Waals surface area contributed by atoms with Gasteiger partial charge in [0, 0.05) is 12.1 Å². The molecule has 0 radical (unpaired) electrons. The number of benzene rings is 1. The van der Waals surface area contributed by atoms with Gasteiger partial charge in [-0.25, -0.2) is 0 Å². The van der Waals surface area contributed by atoms with Crippen molar-refractivity contribution in [2.24, 2.45) is 5.41 Å². The second-order valence-corrected chi connectivity index (χ2v) is 6.67. The second-order valence-electron chi connectivity index (χ2n) is 6.67. The highest BCUT2D eigenvalue weighted by molar-refractivity contribution is 6.09. The van der Waals surface area contributed by atoms with E-state index in [9.17, 15) is 14.4 Å². The summed E-state index contributed by atoms with van der Waals surface area (Å²) in [4.78, 5) is 38.3. The molecule has 1 aliphatic heterocycles. The molecule has 1 saturated heterocycles. The molecule has 3 rings (SSSR count). The van der Waals surface area contributed by atoms with E-state index in [4.69, 9.17) is 0 Å². The predicted molar refractivity (Wildman–Crippen MR) is 86.7 cm³/mol. The molecule has 3 amide bonds. The van der Waals surface area contributed by atoms with Crippen LogP contribution in [-0.2, 0) is 14.4 Å². The van der Waals surface area contributed by atoms with Gasteiger partial charge >= 0.3 is 0 Å². The average Bonchev–Trinajstić information content (AvgIpc) is 2.75. The van der Waals surface area contributed by atoms with Crippen molar-refractivity contribution in [2.75, 3.05) is 11.9 Å². The van der Waals surface area contributed by atoms with Crippen molar-refractivity contribution in [3.8, 4) is 0 Å². The van der Waals surface area contributed by atoms with Crippen LogP contribution < -0.4 is 5.32 Å². The average molecular weight is 314 g/mol. The Morgan fingerprint density at radius 2 is 1.87 bits per heavy atom. The Balaban J connectivity index is 1.68. The van der Waals surface area contributed by atoms with Gasteiger partial charge in [-0.3, -0.25) is 19.3 Å². The van der Waals surface area contributed by atoms with Gasteiger partial charge < -0.3 is 5.32 Å². The van der Waals surface area contributed by atoms with Crippen LogP contribution in [0.2, 0.25) is 0 Å². The maximum Gasteiger partial charge on any atom is 0.244 e.